The summed E-state index contributed by atoms with van der Waals surface area (Å²) in [6.45, 7) is 0.495. The van der Waals surface area contributed by atoms with E-state index in [-0.39, 0.29) is 6.61 Å². The largest absolute Gasteiger partial charge is 0.484 e. The lowest BCUT2D eigenvalue weighted by molar-refractivity contribution is -0.119. The molecule has 0 aliphatic rings. The van der Waals surface area contributed by atoms with Gasteiger partial charge in [-0.2, -0.15) is 10.1 Å². The zero-order valence-corrected chi connectivity index (χ0v) is 14.9. The van der Waals surface area contributed by atoms with E-state index < -0.39 is 5.91 Å². The number of nitrogens with zero attached hydrogens (tertiary/aromatic N) is 4. The zero-order chi connectivity index (χ0) is 19.3. The van der Waals surface area contributed by atoms with Crippen LogP contribution in [0.15, 0.2) is 71.5 Å². The first-order valence-corrected chi connectivity index (χ1v) is 8.59. The smallest absolute Gasteiger partial charge is 0.258 e. The highest BCUT2D eigenvalue weighted by atomic mass is 16.5. The van der Waals surface area contributed by atoms with Crippen molar-refractivity contribution in [1.29, 1.82) is 0 Å². The average Bonchev–Trinajstić information content (AvgIpc) is 3.39. The SMILES string of the molecule is NC(=O)COc1ccc(-c2noc(-c3cccc(Cn4cccn4)c3)n2)cc1. The molecule has 0 saturated heterocycles. The van der Waals surface area contributed by atoms with Gasteiger partial charge >= 0.3 is 0 Å². The zero-order valence-electron chi connectivity index (χ0n) is 14.9. The molecule has 0 aliphatic heterocycles. The summed E-state index contributed by atoms with van der Waals surface area (Å²) in [7, 11) is 0. The molecular formula is C20H17N5O3. The first-order valence-electron chi connectivity index (χ1n) is 8.59. The molecule has 8 nitrogen and oxygen atoms in total. The Hall–Kier alpha value is -3.94. The van der Waals surface area contributed by atoms with Gasteiger partial charge in [0.25, 0.3) is 11.8 Å². The molecule has 140 valence electrons. The monoisotopic (exact) mass is 375 g/mol. The van der Waals surface area contributed by atoms with Gasteiger partial charge in [-0.15, -0.1) is 0 Å². The summed E-state index contributed by atoms with van der Waals surface area (Å²) in [4.78, 5) is 15.2. The number of amides is 1. The van der Waals surface area contributed by atoms with Crippen LogP contribution in [0.25, 0.3) is 22.8 Å². The number of ether oxygens (including phenoxy) is 1. The molecule has 0 fully saturated rings. The molecule has 0 unspecified atom stereocenters. The number of nitrogens with two attached hydrogens (primary N) is 1. The molecule has 2 aromatic carbocycles. The van der Waals surface area contributed by atoms with Crippen LogP contribution in [0.4, 0.5) is 0 Å². The second-order valence-corrected chi connectivity index (χ2v) is 6.11. The van der Waals surface area contributed by atoms with Crippen LogP contribution < -0.4 is 10.5 Å². The van der Waals surface area contributed by atoms with Gasteiger partial charge in [-0.3, -0.25) is 9.48 Å². The first-order chi connectivity index (χ1) is 13.7. The molecule has 2 aromatic heterocycles. The summed E-state index contributed by atoms with van der Waals surface area (Å²) in [6.07, 6.45) is 3.66. The van der Waals surface area contributed by atoms with E-state index in [1.165, 1.54) is 0 Å². The third-order valence-electron chi connectivity index (χ3n) is 4.00. The molecule has 0 atom stereocenters. The highest BCUT2D eigenvalue weighted by Crippen LogP contribution is 2.24. The fourth-order valence-electron chi connectivity index (χ4n) is 2.70. The number of primary amides is 1. The molecule has 4 rings (SSSR count). The maximum atomic E-state index is 10.8. The molecule has 0 bridgehead atoms. The fraction of sp³-hybridized carbons (Fsp3) is 0.100. The highest BCUT2D eigenvalue weighted by molar-refractivity contribution is 5.75. The lowest BCUT2D eigenvalue weighted by Gasteiger charge is -2.03. The van der Waals surface area contributed by atoms with Gasteiger partial charge in [0.1, 0.15) is 5.75 Å². The van der Waals surface area contributed by atoms with Crippen LogP contribution in [0, 0.1) is 0 Å². The van der Waals surface area contributed by atoms with Crippen LogP contribution in [0.1, 0.15) is 5.56 Å². The summed E-state index contributed by atoms with van der Waals surface area (Å²) in [5.74, 6) is 0.916. The predicted octanol–water partition coefficient (Wildman–Crippen LogP) is 2.51. The third kappa shape index (κ3) is 4.07. The van der Waals surface area contributed by atoms with E-state index in [9.17, 15) is 4.79 Å². The Bertz CT molecular complexity index is 1070. The lowest BCUT2D eigenvalue weighted by atomic mass is 10.1. The molecule has 0 radical (unpaired) electrons. The minimum Gasteiger partial charge on any atom is -0.484 e. The van der Waals surface area contributed by atoms with Crippen LogP contribution in [0.2, 0.25) is 0 Å². The molecule has 2 heterocycles. The van der Waals surface area contributed by atoms with Crippen molar-refractivity contribution in [2.45, 2.75) is 6.54 Å². The quantitative estimate of drug-likeness (QED) is 0.532. The molecule has 4 aromatic rings. The molecule has 0 aliphatic carbocycles. The summed E-state index contributed by atoms with van der Waals surface area (Å²) in [5.41, 5.74) is 7.76. The number of carbonyl (C=O) groups excluding carboxylic acids is 1. The van der Waals surface area contributed by atoms with Gasteiger partial charge in [0.15, 0.2) is 6.61 Å². The van der Waals surface area contributed by atoms with Crippen molar-refractivity contribution >= 4 is 5.91 Å². The molecule has 8 heteroatoms. The van der Waals surface area contributed by atoms with Crippen LogP contribution in [-0.4, -0.2) is 32.4 Å². The van der Waals surface area contributed by atoms with E-state index in [2.05, 4.69) is 15.2 Å². The Labute approximate surface area is 160 Å². The molecule has 0 saturated carbocycles. The Kier molecular flexibility index (Phi) is 4.83. The van der Waals surface area contributed by atoms with Gasteiger partial charge in [0.2, 0.25) is 5.82 Å². The fourth-order valence-corrected chi connectivity index (χ4v) is 2.70. The van der Waals surface area contributed by atoms with Crippen LogP contribution in [0.5, 0.6) is 5.75 Å². The van der Waals surface area contributed by atoms with Gasteiger partial charge in [0, 0.05) is 23.5 Å². The number of hydrogen-bond acceptors (Lipinski definition) is 6. The van der Waals surface area contributed by atoms with E-state index in [1.807, 2.05) is 41.2 Å². The van der Waals surface area contributed by atoms with Crippen LogP contribution in [0.3, 0.4) is 0 Å². The first kappa shape index (κ1) is 17.5. The summed E-state index contributed by atoms with van der Waals surface area (Å²) in [6, 6.07) is 16.8. The lowest BCUT2D eigenvalue weighted by Crippen LogP contribution is -2.19. The maximum Gasteiger partial charge on any atom is 0.258 e. The van der Waals surface area contributed by atoms with E-state index in [4.69, 9.17) is 15.0 Å². The second-order valence-electron chi connectivity index (χ2n) is 6.11. The average molecular weight is 375 g/mol. The minimum atomic E-state index is -0.526. The van der Waals surface area contributed by atoms with E-state index >= 15 is 0 Å². The number of aromatic nitrogens is 4. The van der Waals surface area contributed by atoms with E-state index in [1.54, 1.807) is 30.5 Å². The van der Waals surface area contributed by atoms with Gasteiger partial charge in [-0.05, 0) is 48.0 Å². The van der Waals surface area contributed by atoms with Gasteiger partial charge in [0.05, 0.1) is 6.54 Å². The summed E-state index contributed by atoms with van der Waals surface area (Å²) in [5, 5.41) is 8.27. The third-order valence-corrected chi connectivity index (χ3v) is 4.00. The Morgan fingerprint density at radius 2 is 1.96 bits per heavy atom. The Balaban J connectivity index is 1.50. The van der Waals surface area contributed by atoms with Crippen molar-refractivity contribution in [1.82, 2.24) is 19.9 Å². The van der Waals surface area contributed by atoms with Crippen molar-refractivity contribution in [3.05, 3.63) is 72.6 Å². The Morgan fingerprint density at radius 3 is 2.71 bits per heavy atom. The minimum absolute atomic E-state index is 0.166. The van der Waals surface area contributed by atoms with Gasteiger partial charge in [-0.1, -0.05) is 17.3 Å². The summed E-state index contributed by atoms with van der Waals surface area (Å²) >= 11 is 0. The maximum absolute atomic E-state index is 10.8. The normalized spacial score (nSPS) is 10.7. The molecular weight excluding hydrogens is 358 g/mol. The predicted molar refractivity (Wildman–Crippen MR) is 101 cm³/mol. The number of benzene rings is 2. The van der Waals surface area contributed by atoms with Crippen LogP contribution in [-0.2, 0) is 11.3 Å². The highest BCUT2D eigenvalue weighted by Gasteiger charge is 2.11. The van der Waals surface area contributed by atoms with Gasteiger partial charge < -0.3 is 15.0 Å². The molecule has 2 N–H and O–H groups in total. The number of hydrogen-bond donors (Lipinski definition) is 1. The van der Waals surface area contributed by atoms with Crippen molar-refractivity contribution in [3.8, 4) is 28.6 Å². The number of carbonyl (C=O) groups is 1. The topological polar surface area (TPSA) is 109 Å². The van der Waals surface area contributed by atoms with Crippen LogP contribution >= 0.6 is 0 Å². The molecule has 1 amide bonds. The van der Waals surface area contributed by atoms with E-state index in [0.717, 1.165) is 16.7 Å². The van der Waals surface area contributed by atoms with Gasteiger partial charge in [-0.25, -0.2) is 0 Å². The number of rotatable bonds is 7. The van der Waals surface area contributed by atoms with Crippen molar-refractivity contribution in [2.24, 2.45) is 5.73 Å². The Morgan fingerprint density at radius 1 is 1.11 bits per heavy atom. The second kappa shape index (κ2) is 7.75. The van der Waals surface area contributed by atoms with Crippen molar-refractivity contribution in [3.63, 3.8) is 0 Å². The van der Waals surface area contributed by atoms with Crippen molar-refractivity contribution in [2.75, 3.05) is 6.61 Å². The van der Waals surface area contributed by atoms with E-state index in [0.29, 0.717) is 24.0 Å². The standard InChI is InChI=1S/C20H17N5O3/c21-18(26)13-27-17-7-5-15(6-8-17)19-23-20(28-24-19)16-4-1-3-14(11-16)12-25-10-2-9-22-25/h1-11H,12-13H2,(H2,21,26). The molecule has 0 spiro atoms. The summed E-state index contributed by atoms with van der Waals surface area (Å²) < 4.78 is 12.5. The van der Waals surface area contributed by atoms with Crippen molar-refractivity contribution < 1.29 is 14.1 Å². The molecule has 28 heavy (non-hydrogen) atoms.